The molecular weight excluding hydrogens is 383 g/mol. The van der Waals surface area contributed by atoms with E-state index in [-0.39, 0.29) is 16.9 Å². The molecule has 5 nitrogen and oxygen atoms in total. The van der Waals surface area contributed by atoms with Crippen molar-refractivity contribution in [3.05, 3.63) is 76.1 Å². The highest BCUT2D eigenvalue weighted by Gasteiger charge is 2.45. The third kappa shape index (κ3) is 3.93. The number of carbonyl (C=O) groups is 2. The number of carbonyl (C=O) groups excluding carboxylic acids is 2. The van der Waals surface area contributed by atoms with Gasteiger partial charge in [-0.15, -0.1) is 0 Å². The Balaban J connectivity index is 2.13. The molecule has 1 aliphatic rings. The fourth-order valence-corrected chi connectivity index (χ4v) is 3.30. The van der Waals surface area contributed by atoms with E-state index in [1.54, 1.807) is 24.3 Å². The first-order valence-corrected chi connectivity index (χ1v) is 9.12. The van der Waals surface area contributed by atoms with Crippen molar-refractivity contribution < 1.29 is 19.1 Å². The zero-order valence-corrected chi connectivity index (χ0v) is 16.3. The molecule has 0 unspecified atom stereocenters. The summed E-state index contributed by atoms with van der Waals surface area (Å²) >= 11 is 5.97. The molecule has 1 N–H and O–H groups in total. The van der Waals surface area contributed by atoms with Gasteiger partial charge in [-0.05, 0) is 56.1 Å². The number of nitrogens with zero attached hydrogens (tertiary/aromatic N) is 2. The Morgan fingerprint density at radius 2 is 1.71 bits per heavy atom. The van der Waals surface area contributed by atoms with Crippen LogP contribution >= 0.6 is 11.6 Å². The van der Waals surface area contributed by atoms with E-state index >= 15 is 0 Å². The van der Waals surface area contributed by atoms with Crippen LogP contribution in [0.2, 0.25) is 5.02 Å². The summed E-state index contributed by atoms with van der Waals surface area (Å²) in [5.74, 6) is -2.23. The van der Waals surface area contributed by atoms with E-state index in [4.69, 9.17) is 11.6 Å². The van der Waals surface area contributed by atoms with Crippen LogP contribution in [0.15, 0.2) is 54.1 Å². The predicted molar refractivity (Wildman–Crippen MR) is 105 cm³/mol. The van der Waals surface area contributed by atoms with Gasteiger partial charge in [0.15, 0.2) is 0 Å². The van der Waals surface area contributed by atoms with Crippen molar-refractivity contribution in [1.82, 2.24) is 9.80 Å². The first kappa shape index (κ1) is 20.0. The Labute approximate surface area is 167 Å². The summed E-state index contributed by atoms with van der Waals surface area (Å²) in [5.41, 5.74) is 0.912. The lowest BCUT2D eigenvalue weighted by atomic mass is 9.95. The van der Waals surface area contributed by atoms with Gasteiger partial charge in [0.1, 0.15) is 11.6 Å². The lowest BCUT2D eigenvalue weighted by Gasteiger charge is -2.26. The summed E-state index contributed by atoms with van der Waals surface area (Å²) in [6.07, 6.45) is 0. The molecule has 1 heterocycles. The summed E-state index contributed by atoms with van der Waals surface area (Å²) in [6, 6.07) is 11.2. The minimum atomic E-state index is -0.763. The minimum absolute atomic E-state index is 0.0160. The molecule has 1 aliphatic heterocycles. The van der Waals surface area contributed by atoms with Gasteiger partial charge in [0.05, 0.1) is 11.6 Å². The van der Waals surface area contributed by atoms with E-state index in [0.29, 0.717) is 23.7 Å². The van der Waals surface area contributed by atoms with Gasteiger partial charge in [0.25, 0.3) is 11.7 Å². The van der Waals surface area contributed by atoms with Crippen LogP contribution in [0.5, 0.6) is 0 Å². The first-order chi connectivity index (χ1) is 13.3. The monoisotopic (exact) mass is 402 g/mol. The van der Waals surface area contributed by atoms with Crippen LogP contribution in [-0.2, 0) is 9.59 Å². The predicted octanol–water partition coefficient (Wildman–Crippen LogP) is 3.46. The van der Waals surface area contributed by atoms with E-state index in [1.807, 2.05) is 19.0 Å². The van der Waals surface area contributed by atoms with Gasteiger partial charge >= 0.3 is 0 Å². The molecule has 0 aromatic heterocycles. The van der Waals surface area contributed by atoms with E-state index < -0.39 is 23.5 Å². The van der Waals surface area contributed by atoms with Gasteiger partial charge in [-0.2, -0.15) is 0 Å². The molecule has 0 radical (unpaired) electrons. The molecule has 146 valence electrons. The Kier molecular flexibility index (Phi) is 5.82. The molecule has 0 bridgehead atoms. The van der Waals surface area contributed by atoms with Crippen LogP contribution in [0, 0.1) is 5.82 Å². The average Bonchev–Trinajstić information content (AvgIpc) is 2.91. The second-order valence-electron chi connectivity index (χ2n) is 6.85. The Morgan fingerprint density at radius 1 is 1.11 bits per heavy atom. The third-order valence-corrected chi connectivity index (χ3v) is 4.88. The summed E-state index contributed by atoms with van der Waals surface area (Å²) in [4.78, 5) is 28.8. The Bertz CT molecular complexity index is 924. The number of benzene rings is 2. The summed E-state index contributed by atoms with van der Waals surface area (Å²) in [7, 11) is 3.73. The fraction of sp³-hybridized carbons (Fsp3) is 0.238. The third-order valence-electron chi connectivity index (χ3n) is 4.63. The van der Waals surface area contributed by atoms with E-state index in [1.165, 1.54) is 29.2 Å². The molecule has 2 aromatic rings. The second-order valence-corrected chi connectivity index (χ2v) is 7.29. The number of hydrogen-bond acceptors (Lipinski definition) is 4. The molecular formula is C21H20ClFN2O3. The summed E-state index contributed by atoms with van der Waals surface area (Å²) < 4.78 is 13.2. The fourth-order valence-electron chi connectivity index (χ4n) is 3.17. The zero-order chi connectivity index (χ0) is 20.4. The Hall–Kier alpha value is -2.70. The lowest BCUT2D eigenvalue weighted by Crippen LogP contribution is -2.35. The van der Waals surface area contributed by atoms with Crippen molar-refractivity contribution >= 4 is 29.1 Å². The SMILES string of the molecule is CN(C)CCN1C(=O)C(=O)C(=C(O)c2ccc(F)cc2)[C@@H]1c1ccc(Cl)cc1. The van der Waals surface area contributed by atoms with Gasteiger partial charge < -0.3 is 14.9 Å². The second kappa shape index (κ2) is 8.12. The number of rotatable bonds is 5. The number of aliphatic hydroxyl groups is 1. The smallest absolute Gasteiger partial charge is 0.295 e. The maximum Gasteiger partial charge on any atom is 0.295 e. The highest BCUT2D eigenvalue weighted by atomic mass is 35.5. The number of Topliss-reactive ketones (excluding diaryl/α,β-unsaturated/α-hetero) is 1. The number of ketones is 1. The van der Waals surface area contributed by atoms with E-state index in [0.717, 1.165) is 0 Å². The average molecular weight is 403 g/mol. The largest absolute Gasteiger partial charge is 0.507 e. The quantitative estimate of drug-likeness (QED) is 0.472. The molecule has 0 aliphatic carbocycles. The number of halogens is 2. The molecule has 3 rings (SSSR count). The van der Waals surface area contributed by atoms with Crippen LogP contribution in [0.25, 0.3) is 5.76 Å². The Morgan fingerprint density at radius 3 is 2.29 bits per heavy atom. The first-order valence-electron chi connectivity index (χ1n) is 8.74. The van der Waals surface area contributed by atoms with Crippen LogP contribution in [0.4, 0.5) is 4.39 Å². The van der Waals surface area contributed by atoms with Crippen molar-refractivity contribution in [3.63, 3.8) is 0 Å². The number of hydrogen-bond donors (Lipinski definition) is 1. The van der Waals surface area contributed by atoms with Crippen molar-refractivity contribution in [2.75, 3.05) is 27.2 Å². The van der Waals surface area contributed by atoms with Crippen LogP contribution in [0.3, 0.4) is 0 Å². The van der Waals surface area contributed by atoms with Crippen LogP contribution in [-0.4, -0.2) is 53.8 Å². The number of likely N-dealkylation sites (N-methyl/N-ethyl adjacent to an activating group) is 1. The highest BCUT2D eigenvalue weighted by Crippen LogP contribution is 2.39. The maximum atomic E-state index is 13.2. The lowest BCUT2D eigenvalue weighted by molar-refractivity contribution is -0.140. The van der Waals surface area contributed by atoms with Gasteiger partial charge in [-0.25, -0.2) is 4.39 Å². The van der Waals surface area contributed by atoms with Crippen molar-refractivity contribution in [1.29, 1.82) is 0 Å². The molecule has 0 spiro atoms. The molecule has 7 heteroatoms. The van der Waals surface area contributed by atoms with Crippen molar-refractivity contribution in [2.45, 2.75) is 6.04 Å². The number of amides is 1. The molecule has 0 saturated carbocycles. The number of likely N-dealkylation sites (tertiary alicyclic amines) is 1. The molecule has 1 saturated heterocycles. The van der Waals surface area contributed by atoms with Gasteiger partial charge in [0, 0.05) is 23.7 Å². The van der Waals surface area contributed by atoms with E-state index in [2.05, 4.69) is 0 Å². The van der Waals surface area contributed by atoms with Gasteiger partial charge in [-0.3, -0.25) is 9.59 Å². The standard InChI is InChI=1S/C21H20ClFN2O3/c1-24(2)11-12-25-18(13-3-7-15(22)8-4-13)17(20(27)21(25)28)19(26)14-5-9-16(23)10-6-14/h3-10,18,26H,11-12H2,1-2H3/t18-/m0/s1. The minimum Gasteiger partial charge on any atom is -0.507 e. The normalized spacial score (nSPS) is 18.9. The molecule has 28 heavy (non-hydrogen) atoms. The van der Waals surface area contributed by atoms with Crippen molar-refractivity contribution in [3.8, 4) is 0 Å². The van der Waals surface area contributed by atoms with Crippen LogP contribution in [0.1, 0.15) is 17.2 Å². The molecule has 1 amide bonds. The molecule has 2 aromatic carbocycles. The van der Waals surface area contributed by atoms with Crippen LogP contribution < -0.4 is 0 Å². The molecule has 1 atom stereocenters. The number of aliphatic hydroxyl groups excluding tert-OH is 1. The topological polar surface area (TPSA) is 60.9 Å². The molecule has 1 fully saturated rings. The summed E-state index contributed by atoms with van der Waals surface area (Å²) in [6.45, 7) is 0.860. The van der Waals surface area contributed by atoms with Crippen molar-refractivity contribution in [2.24, 2.45) is 0 Å². The zero-order valence-electron chi connectivity index (χ0n) is 15.5. The van der Waals surface area contributed by atoms with Gasteiger partial charge in [0.2, 0.25) is 0 Å². The maximum absolute atomic E-state index is 13.2. The highest BCUT2D eigenvalue weighted by molar-refractivity contribution is 6.46. The van der Waals surface area contributed by atoms with Gasteiger partial charge in [-0.1, -0.05) is 23.7 Å². The van der Waals surface area contributed by atoms with E-state index in [9.17, 15) is 19.1 Å². The summed E-state index contributed by atoms with van der Waals surface area (Å²) in [5, 5.41) is 11.3.